The van der Waals surface area contributed by atoms with Crippen molar-refractivity contribution in [3.05, 3.63) is 24.3 Å². The van der Waals surface area contributed by atoms with Crippen molar-refractivity contribution in [3.8, 4) is 11.5 Å². The topological polar surface area (TPSA) is 24.9 Å². The maximum absolute atomic E-state index is 6.03. The second kappa shape index (κ2) is 6.46. The van der Waals surface area contributed by atoms with Gasteiger partial charge in [-0.05, 0) is 25.1 Å². The Morgan fingerprint density at radius 2 is 1.75 bits per heavy atom. The molecule has 0 amide bonds. The third-order valence-electron chi connectivity index (χ3n) is 4.03. The highest BCUT2D eigenvalue weighted by atomic mass is 16.6. The van der Waals surface area contributed by atoms with Crippen LogP contribution in [-0.2, 0) is 0 Å². The summed E-state index contributed by atoms with van der Waals surface area (Å²) in [6.45, 7) is 9.74. The lowest BCUT2D eigenvalue weighted by molar-refractivity contribution is 0.0404. The Morgan fingerprint density at radius 3 is 2.50 bits per heavy atom. The van der Waals surface area contributed by atoms with Gasteiger partial charge >= 0.3 is 0 Å². The van der Waals surface area contributed by atoms with E-state index in [1.54, 1.807) is 0 Å². The molecule has 4 nitrogen and oxygen atoms in total. The van der Waals surface area contributed by atoms with Crippen molar-refractivity contribution >= 4 is 0 Å². The molecule has 1 aromatic carbocycles. The molecule has 1 atom stereocenters. The molecule has 0 unspecified atom stereocenters. The van der Waals surface area contributed by atoms with Crippen molar-refractivity contribution in [1.29, 1.82) is 0 Å². The molecule has 1 aromatic rings. The highest BCUT2D eigenvalue weighted by Crippen LogP contribution is 2.31. The molecule has 20 heavy (non-hydrogen) atoms. The molecule has 2 aliphatic heterocycles. The molecule has 0 aromatic heterocycles. The van der Waals surface area contributed by atoms with Gasteiger partial charge in [0.15, 0.2) is 11.5 Å². The molecular formula is C16H24N2O2. The van der Waals surface area contributed by atoms with Crippen molar-refractivity contribution < 1.29 is 9.47 Å². The number of nitrogens with zero attached hydrogens (tertiary/aromatic N) is 2. The van der Waals surface area contributed by atoms with Gasteiger partial charge in [-0.25, -0.2) is 0 Å². The maximum Gasteiger partial charge on any atom is 0.161 e. The molecule has 0 N–H and O–H groups in total. The molecule has 1 saturated heterocycles. The summed E-state index contributed by atoms with van der Waals surface area (Å²) in [4.78, 5) is 5.04. The standard InChI is InChI=1S/C16H24N2O2/c1-2-7-17-8-10-18(11-9-17)12-14-13-19-15-5-3-4-6-16(15)20-14/h3-6,14H,2,7-13H2,1H3/t14-/m1/s1. The van der Waals surface area contributed by atoms with Gasteiger partial charge in [-0.2, -0.15) is 0 Å². The first-order valence-corrected chi connectivity index (χ1v) is 7.68. The summed E-state index contributed by atoms with van der Waals surface area (Å²) in [6.07, 6.45) is 1.40. The van der Waals surface area contributed by atoms with Gasteiger partial charge in [0.1, 0.15) is 12.7 Å². The molecule has 2 aliphatic rings. The minimum atomic E-state index is 0.155. The van der Waals surface area contributed by atoms with Crippen molar-refractivity contribution in [2.75, 3.05) is 45.9 Å². The largest absolute Gasteiger partial charge is 0.486 e. The number of benzene rings is 1. The molecular weight excluding hydrogens is 252 g/mol. The summed E-state index contributed by atoms with van der Waals surface area (Å²) >= 11 is 0. The average Bonchev–Trinajstić information content (AvgIpc) is 2.49. The van der Waals surface area contributed by atoms with E-state index in [2.05, 4.69) is 16.7 Å². The lowest BCUT2D eigenvalue weighted by Gasteiger charge is -2.37. The van der Waals surface area contributed by atoms with E-state index in [0.29, 0.717) is 6.61 Å². The monoisotopic (exact) mass is 276 g/mol. The molecule has 4 heteroatoms. The van der Waals surface area contributed by atoms with E-state index in [1.165, 1.54) is 26.1 Å². The van der Waals surface area contributed by atoms with E-state index >= 15 is 0 Å². The summed E-state index contributed by atoms with van der Waals surface area (Å²) < 4.78 is 11.8. The molecule has 3 rings (SSSR count). The van der Waals surface area contributed by atoms with E-state index in [0.717, 1.165) is 31.1 Å². The van der Waals surface area contributed by atoms with Gasteiger partial charge in [-0.1, -0.05) is 19.1 Å². The van der Waals surface area contributed by atoms with Crippen LogP contribution in [0.5, 0.6) is 11.5 Å². The summed E-state index contributed by atoms with van der Waals surface area (Å²) in [5.41, 5.74) is 0. The highest BCUT2D eigenvalue weighted by Gasteiger charge is 2.25. The summed E-state index contributed by atoms with van der Waals surface area (Å²) in [5, 5.41) is 0. The molecule has 1 fully saturated rings. The van der Waals surface area contributed by atoms with Crippen LogP contribution >= 0.6 is 0 Å². The Labute approximate surface area is 121 Å². The Bertz CT molecular complexity index is 430. The van der Waals surface area contributed by atoms with Gasteiger partial charge in [-0.15, -0.1) is 0 Å². The summed E-state index contributed by atoms with van der Waals surface area (Å²) in [6, 6.07) is 7.93. The number of piperazine rings is 1. The fraction of sp³-hybridized carbons (Fsp3) is 0.625. The minimum Gasteiger partial charge on any atom is -0.486 e. The van der Waals surface area contributed by atoms with Crippen molar-refractivity contribution in [2.24, 2.45) is 0 Å². The number of fused-ring (bicyclic) bond motifs is 1. The van der Waals surface area contributed by atoms with Crippen molar-refractivity contribution in [1.82, 2.24) is 9.80 Å². The zero-order valence-electron chi connectivity index (χ0n) is 12.3. The van der Waals surface area contributed by atoms with Gasteiger partial charge in [-0.3, -0.25) is 4.90 Å². The summed E-state index contributed by atoms with van der Waals surface area (Å²) in [7, 11) is 0. The predicted octanol–water partition coefficient (Wildman–Crippen LogP) is 1.85. The van der Waals surface area contributed by atoms with Gasteiger partial charge < -0.3 is 14.4 Å². The van der Waals surface area contributed by atoms with Crippen LogP contribution in [0, 0.1) is 0 Å². The number of rotatable bonds is 4. The molecule has 0 spiro atoms. The smallest absolute Gasteiger partial charge is 0.161 e. The second-order valence-corrected chi connectivity index (χ2v) is 5.64. The van der Waals surface area contributed by atoms with Crippen LogP contribution in [0.4, 0.5) is 0 Å². The Balaban J connectivity index is 1.48. The van der Waals surface area contributed by atoms with Crippen molar-refractivity contribution in [3.63, 3.8) is 0 Å². The molecule has 0 bridgehead atoms. The molecule has 0 radical (unpaired) electrons. The zero-order chi connectivity index (χ0) is 13.8. The van der Waals surface area contributed by atoms with E-state index in [1.807, 2.05) is 24.3 Å². The zero-order valence-corrected chi connectivity index (χ0v) is 12.3. The maximum atomic E-state index is 6.03. The summed E-state index contributed by atoms with van der Waals surface area (Å²) in [5.74, 6) is 1.75. The van der Waals surface area contributed by atoms with Gasteiger partial charge in [0, 0.05) is 32.7 Å². The Hall–Kier alpha value is -1.26. The predicted molar refractivity (Wildman–Crippen MR) is 79.5 cm³/mol. The van der Waals surface area contributed by atoms with E-state index in [-0.39, 0.29) is 6.10 Å². The Morgan fingerprint density at radius 1 is 1.05 bits per heavy atom. The van der Waals surface area contributed by atoms with Crippen molar-refractivity contribution in [2.45, 2.75) is 19.4 Å². The Kier molecular flexibility index (Phi) is 4.43. The quantitative estimate of drug-likeness (QED) is 0.838. The average molecular weight is 276 g/mol. The lowest BCUT2D eigenvalue weighted by atomic mass is 10.2. The normalized spacial score (nSPS) is 23.8. The van der Waals surface area contributed by atoms with Gasteiger partial charge in [0.05, 0.1) is 0 Å². The highest BCUT2D eigenvalue weighted by molar-refractivity contribution is 5.40. The second-order valence-electron chi connectivity index (χ2n) is 5.64. The minimum absolute atomic E-state index is 0.155. The molecule has 0 aliphatic carbocycles. The van der Waals surface area contributed by atoms with E-state index in [9.17, 15) is 0 Å². The van der Waals surface area contributed by atoms with Crippen LogP contribution in [0.3, 0.4) is 0 Å². The van der Waals surface area contributed by atoms with Crippen LogP contribution in [0.2, 0.25) is 0 Å². The first kappa shape index (κ1) is 13.7. The molecule has 0 saturated carbocycles. The van der Waals surface area contributed by atoms with Gasteiger partial charge in [0.2, 0.25) is 0 Å². The molecule has 2 heterocycles. The van der Waals surface area contributed by atoms with Crippen LogP contribution in [-0.4, -0.2) is 61.8 Å². The van der Waals surface area contributed by atoms with E-state index < -0.39 is 0 Å². The van der Waals surface area contributed by atoms with E-state index in [4.69, 9.17) is 9.47 Å². The first-order valence-electron chi connectivity index (χ1n) is 7.68. The first-order chi connectivity index (χ1) is 9.85. The van der Waals surface area contributed by atoms with Crippen LogP contribution in [0.25, 0.3) is 0 Å². The number of para-hydroxylation sites is 2. The molecule has 110 valence electrons. The number of ether oxygens (including phenoxy) is 2. The SMILES string of the molecule is CCCN1CCN(C[C@@H]2COc3ccccc3O2)CC1. The fourth-order valence-corrected chi connectivity index (χ4v) is 2.95. The van der Waals surface area contributed by atoms with Gasteiger partial charge in [0.25, 0.3) is 0 Å². The number of hydrogen-bond donors (Lipinski definition) is 0. The van der Waals surface area contributed by atoms with Crippen LogP contribution in [0.15, 0.2) is 24.3 Å². The van der Waals surface area contributed by atoms with Crippen LogP contribution < -0.4 is 9.47 Å². The fourth-order valence-electron chi connectivity index (χ4n) is 2.95. The third kappa shape index (κ3) is 3.25. The number of hydrogen-bond acceptors (Lipinski definition) is 4. The third-order valence-corrected chi connectivity index (χ3v) is 4.03. The van der Waals surface area contributed by atoms with Crippen LogP contribution in [0.1, 0.15) is 13.3 Å². The lowest BCUT2D eigenvalue weighted by Crippen LogP contribution is -2.50.